The molecule has 2 atom stereocenters. The van der Waals surface area contributed by atoms with Gasteiger partial charge in [0.2, 0.25) is 5.91 Å². The Bertz CT molecular complexity index is 271. The summed E-state index contributed by atoms with van der Waals surface area (Å²) in [7, 11) is 0. The molecule has 2 aliphatic rings. The summed E-state index contributed by atoms with van der Waals surface area (Å²) in [5.41, 5.74) is 2.22. The van der Waals surface area contributed by atoms with Crippen LogP contribution in [-0.2, 0) is 4.79 Å². The molecule has 0 radical (unpaired) electrons. The largest absolute Gasteiger partial charge is 0.299 e. The van der Waals surface area contributed by atoms with Gasteiger partial charge in [-0.15, -0.1) is 0 Å². The molecule has 2 heterocycles. The molecule has 0 spiro atoms. The quantitative estimate of drug-likeness (QED) is 0.412. The average Bonchev–Trinajstić information content (AvgIpc) is 2.66. The van der Waals surface area contributed by atoms with Crippen LogP contribution in [0.5, 0.6) is 0 Å². The molecule has 0 aromatic rings. The number of carbonyl (C=O) groups is 1. The van der Waals surface area contributed by atoms with Crippen molar-refractivity contribution < 1.29 is 4.79 Å². The number of hydrogen-bond donors (Lipinski definition) is 2. The van der Waals surface area contributed by atoms with Crippen LogP contribution in [-0.4, -0.2) is 54.0 Å². The molecule has 5 nitrogen and oxygen atoms in total. The number of carbonyl (C=O) groups excluding carboxylic acids is 1. The monoisotopic (exact) mass is 240 g/mol. The summed E-state index contributed by atoms with van der Waals surface area (Å²) >= 11 is 0. The summed E-state index contributed by atoms with van der Waals surface area (Å²) in [6, 6.07) is 1.000. The van der Waals surface area contributed by atoms with E-state index < -0.39 is 0 Å². The predicted octanol–water partition coefficient (Wildman–Crippen LogP) is -0.0750. The molecule has 0 bridgehead atoms. The van der Waals surface area contributed by atoms with Gasteiger partial charge in [-0.05, 0) is 45.8 Å². The number of nitrogens with zero attached hydrogens (tertiary/aromatic N) is 2. The van der Waals surface area contributed by atoms with E-state index in [1.54, 1.807) is 0 Å². The summed E-state index contributed by atoms with van der Waals surface area (Å²) < 4.78 is 0. The second-order valence-electron chi connectivity index (χ2n) is 5.30. The first-order chi connectivity index (χ1) is 8.20. The fourth-order valence-corrected chi connectivity index (χ4v) is 3.09. The lowest BCUT2D eigenvalue weighted by molar-refractivity contribution is -0.122. The number of nitrogens with two attached hydrogens (primary N) is 1. The highest BCUT2D eigenvalue weighted by Gasteiger charge is 2.30. The normalized spacial score (nSPS) is 28.5. The fourth-order valence-electron chi connectivity index (χ4n) is 3.09. The van der Waals surface area contributed by atoms with Crippen LogP contribution < -0.4 is 11.3 Å². The van der Waals surface area contributed by atoms with E-state index in [1.165, 1.54) is 32.4 Å². The third kappa shape index (κ3) is 3.18. The zero-order chi connectivity index (χ0) is 12.3. The van der Waals surface area contributed by atoms with E-state index in [1.807, 2.05) is 0 Å². The first-order valence-corrected chi connectivity index (χ1v) is 6.68. The maximum absolute atomic E-state index is 11.3. The van der Waals surface area contributed by atoms with Crippen LogP contribution in [0.15, 0.2) is 0 Å². The second kappa shape index (κ2) is 5.80. The van der Waals surface area contributed by atoms with Crippen molar-refractivity contribution in [3.05, 3.63) is 0 Å². The lowest BCUT2D eigenvalue weighted by atomic mass is 10.1. The molecule has 1 amide bonds. The molecule has 17 heavy (non-hydrogen) atoms. The van der Waals surface area contributed by atoms with Crippen LogP contribution in [0.1, 0.15) is 32.6 Å². The molecule has 0 aromatic carbocycles. The Morgan fingerprint density at radius 1 is 1.41 bits per heavy atom. The molecule has 2 rings (SSSR count). The zero-order valence-electron chi connectivity index (χ0n) is 10.7. The first kappa shape index (κ1) is 12.8. The highest BCUT2D eigenvalue weighted by Crippen LogP contribution is 2.22. The van der Waals surface area contributed by atoms with Crippen molar-refractivity contribution in [1.29, 1.82) is 0 Å². The van der Waals surface area contributed by atoms with E-state index in [9.17, 15) is 4.79 Å². The molecule has 0 aromatic heterocycles. The Labute approximate surface area is 103 Å². The zero-order valence-corrected chi connectivity index (χ0v) is 10.7. The smallest absolute Gasteiger partial charge is 0.235 e. The molecule has 2 unspecified atom stereocenters. The molecule has 98 valence electrons. The molecule has 2 aliphatic heterocycles. The van der Waals surface area contributed by atoms with Gasteiger partial charge in [0.05, 0.1) is 0 Å². The van der Waals surface area contributed by atoms with Gasteiger partial charge in [-0.25, -0.2) is 5.84 Å². The van der Waals surface area contributed by atoms with Gasteiger partial charge in [-0.2, -0.15) is 0 Å². The summed E-state index contributed by atoms with van der Waals surface area (Å²) in [5.74, 6) is 5.08. The van der Waals surface area contributed by atoms with Gasteiger partial charge in [-0.1, -0.05) is 0 Å². The number of fused-ring (bicyclic) bond motifs is 1. The van der Waals surface area contributed by atoms with E-state index in [4.69, 9.17) is 5.84 Å². The Morgan fingerprint density at radius 3 is 2.94 bits per heavy atom. The molecular weight excluding hydrogens is 216 g/mol. The second-order valence-corrected chi connectivity index (χ2v) is 5.30. The number of hydrogen-bond acceptors (Lipinski definition) is 4. The Morgan fingerprint density at radius 2 is 2.18 bits per heavy atom. The maximum Gasteiger partial charge on any atom is 0.235 e. The Kier molecular flexibility index (Phi) is 4.36. The standard InChI is InChI=1S/C12H24N4O/c1-10(8-12(17)14-13)16-7-3-6-15-5-2-4-11(15)9-16/h10-11H,2-9,13H2,1H3,(H,14,17). The van der Waals surface area contributed by atoms with Gasteiger partial charge >= 0.3 is 0 Å². The minimum absolute atomic E-state index is 0.0648. The molecule has 3 N–H and O–H groups in total. The summed E-state index contributed by atoms with van der Waals surface area (Å²) in [4.78, 5) is 16.4. The van der Waals surface area contributed by atoms with E-state index >= 15 is 0 Å². The third-order valence-electron chi connectivity index (χ3n) is 4.10. The fraction of sp³-hybridized carbons (Fsp3) is 0.917. The summed E-state index contributed by atoms with van der Waals surface area (Å²) in [5, 5.41) is 0. The molecule has 0 saturated carbocycles. The highest BCUT2D eigenvalue weighted by atomic mass is 16.2. The van der Waals surface area contributed by atoms with Gasteiger partial charge in [0.15, 0.2) is 0 Å². The van der Waals surface area contributed by atoms with Crippen molar-refractivity contribution in [3.8, 4) is 0 Å². The van der Waals surface area contributed by atoms with Gasteiger partial charge in [0.25, 0.3) is 0 Å². The van der Waals surface area contributed by atoms with Crippen LogP contribution in [0.2, 0.25) is 0 Å². The van der Waals surface area contributed by atoms with Crippen molar-refractivity contribution in [2.75, 3.05) is 26.2 Å². The topological polar surface area (TPSA) is 61.6 Å². The van der Waals surface area contributed by atoms with Crippen molar-refractivity contribution in [1.82, 2.24) is 15.2 Å². The average molecular weight is 240 g/mol. The van der Waals surface area contributed by atoms with E-state index in [2.05, 4.69) is 22.1 Å². The van der Waals surface area contributed by atoms with Gasteiger partial charge in [0, 0.05) is 25.0 Å². The summed E-state index contributed by atoms with van der Waals surface area (Å²) in [6.07, 6.45) is 4.36. The minimum atomic E-state index is -0.0648. The molecular formula is C12H24N4O. The Hall–Kier alpha value is -0.650. The number of amides is 1. The van der Waals surface area contributed by atoms with E-state index in [-0.39, 0.29) is 5.91 Å². The van der Waals surface area contributed by atoms with Crippen molar-refractivity contribution in [3.63, 3.8) is 0 Å². The lowest BCUT2D eigenvalue weighted by Gasteiger charge is -2.30. The van der Waals surface area contributed by atoms with Gasteiger partial charge in [-0.3, -0.25) is 20.0 Å². The SMILES string of the molecule is CC(CC(=O)NN)N1CCCN2CCCC2C1. The van der Waals surface area contributed by atoms with E-state index in [0.717, 1.165) is 13.1 Å². The molecule has 0 aliphatic carbocycles. The predicted molar refractivity (Wildman–Crippen MR) is 67.2 cm³/mol. The van der Waals surface area contributed by atoms with Gasteiger partial charge < -0.3 is 0 Å². The first-order valence-electron chi connectivity index (χ1n) is 6.68. The van der Waals surface area contributed by atoms with Crippen molar-refractivity contribution in [2.45, 2.75) is 44.7 Å². The molecule has 2 fully saturated rings. The van der Waals surface area contributed by atoms with Gasteiger partial charge in [0.1, 0.15) is 0 Å². The van der Waals surface area contributed by atoms with Crippen LogP contribution in [0.4, 0.5) is 0 Å². The number of hydrazine groups is 1. The minimum Gasteiger partial charge on any atom is -0.299 e. The summed E-state index contributed by atoms with van der Waals surface area (Å²) in [6.45, 7) is 6.82. The lowest BCUT2D eigenvalue weighted by Crippen LogP contribution is -2.43. The maximum atomic E-state index is 11.3. The Balaban J connectivity index is 1.89. The third-order valence-corrected chi connectivity index (χ3v) is 4.10. The van der Waals surface area contributed by atoms with Crippen molar-refractivity contribution >= 4 is 5.91 Å². The van der Waals surface area contributed by atoms with Crippen LogP contribution >= 0.6 is 0 Å². The van der Waals surface area contributed by atoms with E-state index in [0.29, 0.717) is 18.5 Å². The van der Waals surface area contributed by atoms with Crippen LogP contribution in [0.25, 0.3) is 0 Å². The van der Waals surface area contributed by atoms with Crippen LogP contribution in [0, 0.1) is 0 Å². The number of rotatable bonds is 3. The van der Waals surface area contributed by atoms with Crippen molar-refractivity contribution in [2.24, 2.45) is 5.84 Å². The molecule has 2 saturated heterocycles. The molecule has 5 heteroatoms. The number of nitrogens with one attached hydrogen (secondary N) is 1. The highest BCUT2D eigenvalue weighted by molar-refractivity contribution is 5.75. The van der Waals surface area contributed by atoms with Crippen LogP contribution in [0.3, 0.4) is 0 Å².